The van der Waals surface area contributed by atoms with Gasteiger partial charge in [0.25, 0.3) is 5.60 Å². The third-order valence-corrected chi connectivity index (χ3v) is 6.92. The fourth-order valence-electron chi connectivity index (χ4n) is 4.19. The first-order valence-corrected chi connectivity index (χ1v) is 14.9. The fraction of sp³-hybridized carbons (Fsp3) is 0.455. The quantitative estimate of drug-likeness (QED) is 0.0695. The van der Waals surface area contributed by atoms with Crippen molar-refractivity contribution in [1.82, 2.24) is 0 Å². The van der Waals surface area contributed by atoms with Crippen LogP contribution >= 0.6 is 9.24 Å². The van der Waals surface area contributed by atoms with Gasteiger partial charge in [-0.2, -0.15) is 4.39 Å². The lowest BCUT2D eigenvalue weighted by Crippen LogP contribution is -2.23. The summed E-state index contributed by atoms with van der Waals surface area (Å²) in [4.78, 5) is 22.7. The van der Waals surface area contributed by atoms with E-state index in [9.17, 15) is 18.4 Å². The van der Waals surface area contributed by atoms with Crippen LogP contribution in [0.1, 0.15) is 81.9 Å². The summed E-state index contributed by atoms with van der Waals surface area (Å²) in [5.41, 5.74) is -1.39. The van der Waals surface area contributed by atoms with Crippen molar-refractivity contribution in [1.29, 1.82) is 0 Å². The average Bonchev–Trinajstić information content (AvgIpc) is 2.91. The molecule has 0 radical (unpaired) electrons. The molecule has 0 aliphatic heterocycles. The lowest BCUT2D eigenvalue weighted by atomic mass is 10.0. The smallest absolute Gasteiger partial charge is 0.333 e. The average molecular weight is 607 g/mol. The topological polar surface area (TPSA) is 61.8 Å². The van der Waals surface area contributed by atoms with Gasteiger partial charge in [0.05, 0.1) is 13.2 Å². The molecule has 2 aromatic carbocycles. The number of carbonyl (C=O) groups excluding carboxylic acids is 2. The Labute approximate surface area is 249 Å². The molecule has 0 N–H and O–H groups in total. The van der Waals surface area contributed by atoms with Gasteiger partial charge in [0.2, 0.25) is 0 Å². The molecular formula is C33H42F3O5P. The van der Waals surface area contributed by atoms with E-state index in [2.05, 4.69) is 13.2 Å². The fourth-order valence-corrected chi connectivity index (χ4v) is 4.60. The van der Waals surface area contributed by atoms with Crippen molar-refractivity contribution in [2.75, 3.05) is 13.2 Å². The van der Waals surface area contributed by atoms with Crippen LogP contribution in [0.25, 0.3) is 0 Å². The molecule has 0 fully saturated rings. The lowest BCUT2D eigenvalue weighted by Gasteiger charge is -2.24. The summed E-state index contributed by atoms with van der Waals surface area (Å²) >= 11 is 0. The monoisotopic (exact) mass is 606 g/mol. The molecule has 42 heavy (non-hydrogen) atoms. The molecule has 0 saturated heterocycles. The second-order valence-electron chi connectivity index (χ2n) is 10.5. The molecule has 0 amide bonds. The summed E-state index contributed by atoms with van der Waals surface area (Å²) in [6.07, 6.45) is 7.79. The Kier molecular flexibility index (Phi) is 14.8. The number of hydrogen-bond acceptors (Lipinski definition) is 5. The highest BCUT2D eigenvalue weighted by molar-refractivity contribution is 7.17. The zero-order valence-electron chi connectivity index (χ0n) is 24.6. The minimum Gasteiger partial charge on any atom is -0.462 e. The molecule has 0 saturated carbocycles. The predicted octanol–water partition coefficient (Wildman–Crippen LogP) is 8.44. The molecule has 0 bridgehead atoms. The summed E-state index contributed by atoms with van der Waals surface area (Å²) in [6, 6.07) is 9.03. The number of rotatable bonds is 19. The molecular weight excluding hydrogens is 564 g/mol. The Morgan fingerprint density at radius 1 is 0.738 bits per heavy atom. The van der Waals surface area contributed by atoms with Crippen LogP contribution in [0.4, 0.5) is 13.2 Å². The zero-order valence-corrected chi connectivity index (χ0v) is 25.8. The highest BCUT2D eigenvalue weighted by Gasteiger charge is 2.35. The second kappa shape index (κ2) is 17.7. The summed E-state index contributed by atoms with van der Waals surface area (Å²) < 4.78 is 60.6. The van der Waals surface area contributed by atoms with Gasteiger partial charge in [0.15, 0.2) is 0 Å². The normalized spacial score (nSPS) is 12.3. The van der Waals surface area contributed by atoms with Crippen LogP contribution in [0, 0.1) is 11.6 Å². The third-order valence-electron chi connectivity index (χ3n) is 6.52. The number of alkyl halides is 1. The van der Waals surface area contributed by atoms with Gasteiger partial charge < -0.3 is 14.2 Å². The van der Waals surface area contributed by atoms with Crippen molar-refractivity contribution in [2.45, 2.75) is 83.7 Å². The molecule has 0 spiro atoms. The number of carbonyl (C=O) groups is 2. The van der Waals surface area contributed by atoms with Crippen molar-refractivity contribution in [3.63, 3.8) is 0 Å². The van der Waals surface area contributed by atoms with Crippen molar-refractivity contribution in [3.8, 4) is 5.75 Å². The molecule has 0 aliphatic rings. The Morgan fingerprint density at radius 3 is 1.62 bits per heavy atom. The molecule has 230 valence electrons. The first-order chi connectivity index (χ1) is 19.9. The van der Waals surface area contributed by atoms with Crippen molar-refractivity contribution < 1.29 is 37.0 Å². The van der Waals surface area contributed by atoms with E-state index in [0.29, 0.717) is 49.2 Å². The standard InChI is InChI=1S/C33H42F3O5P/c1-23(2)31(37)39-19-11-7-5-9-13-25-15-17-27(18-16-25)41-33(36,42)30-28(34)21-26(22-29(30)35)14-10-6-8-12-20-40-32(38)24(3)4/h15-18,21-22H,1,3,5-14,19-20,42H2,2,4H3. The number of ether oxygens (including phenoxy) is 3. The van der Waals surface area contributed by atoms with Crippen molar-refractivity contribution in [3.05, 3.63) is 89.0 Å². The molecule has 2 unspecified atom stereocenters. The van der Waals surface area contributed by atoms with Crippen molar-refractivity contribution >= 4 is 21.2 Å². The maximum absolute atomic E-state index is 15.4. The summed E-state index contributed by atoms with van der Waals surface area (Å²) in [5.74, 6) is -2.67. The predicted molar refractivity (Wildman–Crippen MR) is 162 cm³/mol. The lowest BCUT2D eigenvalue weighted by molar-refractivity contribution is -0.139. The highest BCUT2D eigenvalue weighted by Crippen LogP contribution is 2.39. The van der Waals surface area contributed by atoms with Crippen LogP contribution in [0.15, 0.2) is 60.7 Å². The van der Waals surface area contributed by atoms with Crippen molar-refractivity contribution in [2.24, 2.45) is 0 Å². The van der Waals surface area contributed by atoms with Crippen LogP contribution < -0.4 is 4.74 Å². The Morgan fingerprint density at radius 2 is 1.17 bits per heavy atom. The number of esters is 2. The van der Waals surface area contributed by atoms with E-state index >= 15 is 4.39 Å². The third kappa shape index (κ3) is 12.4. The molecule has 2 aromatic rings. The first kappa shape index (κ1) is 35.1. The second-order valence-corrected chi connectivity index (χ2v) is 11.2. The van der Waals surface area contributed by atoms with Gasteiger partial charge >= 0.3 is 11.9 Å². The number of unbranched alkanes of at least 4 members (excludes halogenated alkanes) is 6. The Bertz CT molecular complexity index is 1190. The summed E-state index contributed by atoms with van der Waals surface area (Å²) in [6.45, 7) is 10.9. The van der Waals surface area contributed by atoms with E-state index in [4.69, 9.17) is 14.2 Å². The molecule has 2 atom stereocenters. The Balaban J connectivity index is 1.78. The van der Waals surface area contributed by atoms with Crippen LogP contribution in [0.5, 0.6) is 5.75 Å². The van der Waals surface area contributed by atoms with Gasteiger partial charge in [-0.1, -0.05) is 51.0 Å². The number of halogens is 3. The van der Waals surface area contributed by atoms with E-state index in [1.165, 1.54) is 0 Å². The molecule has 0 aromatic heterocycles. The van der Waals surface area contributed by atoms with Gasteiger partial charge in [-0.3, -0.25) is 0 Å². The number of aryl methyl sites for hydroxylation is 2. The van der Waals surface area contributed by atoms with E-state index in [1.807, 2.05) is 0 Å². The maximum atomic E-state index is 15.4. The highest BCUT2D eigenvalue weighted by atomic mass is 31.0. The molecule has 0 aliphatic carbocycles. The number of benzene rings is 2. The van der Waals surface area contributed by atoms with E-state index < -0.39 is 28.8 Å². The van der Waals surface area contributed by atoms with Gasteiger partial charge in [0.1, 0.15) is 22.9 Å². The molecule has 5 nitrogen and oxygen atoms in total. The molecule has 0 heterocycles. The molecule has 2 rings (SSSR count). The minimum absolute atomic E-state index is 0.146. The summed E-state index contributed by atoms with van der Waals surface area (Å²) in [5, 5.41) is 0. The molecule has 9 heteroatoms. The van der Waals surface area contributed by atoms with Gasteiger partial charge in [-0.25, -0.2) is 18.4 Å². The SMILES string of the molecule is C=C(C)C(=O)OCCCCCCc1ccc(OC(F)(P)c2c(F)cc(CCCCCCOC(=O)C(=C)C)cc2F)cc1. The van der Waals surface area contributed by atoms with E-state index in [0.717, 1.165) is 62.6 Å². The minimum atomic E-state index is -2.79. The first-order valence-electron chi connectivity index (χ1n) is 14.3. The van der Waals surface area contributed by atoms with Crippen LogP contribution in [0.2, 0.25) is 0 Å². The zero-order chi connectivity index (χ0) is 31.1. The van der Waals surface area contributed by atoms with Crippen LogP contribution in [0.3, 0.4) is 0 Å². The van der Waals surface area contributed by atoms with Gasteiger partial charge in [-0.15, -0.1) is 0 Å². The largest absolute Gasteiger partial charge is 0.462 e. The van der Waals surface area contributed by atoms with Crippen LogP contribution in [-0.2, 0) is 37.5 Å². The van der Waals surface area contributed by atoms with Gasteiger partial charge in [-0.05, 0) is 97.0 Å². The maximum Gasteiger partial charge on any atom is 0.333 e. The summed E-state index contributed by atoms with van der Waals surface area (Å²) in [7, 11) is 1.76. The van der Waals surface area contributed by atoms with Gasteiger partial charge in [0, 0.05) is 11.1 Å². The Hall–Kier alpha value is -3.12. The van der Waals surface area contributed by atoms with Crippen LogP contribution in [-0.4, -0.2) is 25.2 Å². The number of hydrogen-bond donors (Lipinski definition) is 0. The van der Waals surface area contributed by atoms with E-state index in [1.54, 1.807) is 47.4 Å². The van der Waals surface area contributed by atoms with E-state index in [-0.39, 0.29) is 11.7 Å².